The molecule has 0 saturated carbocycles. The average molecular weight is 493 g/mol. The van der Waals surface area contributed by atoms with Gasteiger partial charge in [0, 0.05) is 55.3 Å². The lowest BCUT2D eigenvalue weighted by atomic mass is 10.1. The molecule has 0 spiro atoms. The summed E-state index contributed by atoms with van der Waals surface area (Å²) in [6.45, 7) is 4.83. The molecule has 1 fully saturated rings. The minimum absolute atomic E-state index is 0.189. The minimum atomic E-state index is -0.189. The number of anilines is 2. The van der Waals surface area contributed by atoms with Gasteiger partial charge in [-0.15, -0.1) is 6.42 Å². The van der Waals surface area contributed by atoms with Gasteiger partial charge in [0.15, 0.2) is 0 Å². The Morgan fingerprint density at radius 3 is 2.70 bits per heavy atom. The van der Waals surface area contributed by atoms with Crippen LogP contribution in [0, 0.1) is 23.7 Å². The van der Waals surface area contributed by atoms with Crippen LogP contribution in [0.2, 0.25) is 0 Å². The second kappa shape index (κ2) is 10.3. The molecular formula is C27H24N8O2. The Hall–Kier alpha value is -5.09. The van der Waals surface area contributed by atoms with Gasteiger partial charge in [0.2, 0.25) is 0 Å². The van der Waals surface area contributed by atoms with Crippen LogP contribution in [-0.4, -0.2) is 63.3 Å². The van der Waals surface area contributed by atoms with Crippen molar-refractivity contribution in [3.8, 4) is 35.3 Å². The predicted octanol–water partition coefficient (Wildman–Crippen LogP) is 3.40. The summed E-state index contributed by atoms with van der Waals surface area (Å²) in [4.78, 5) is 25.3. The van der Waals surface area contributed by atoms with Crippen molar-refractivity contribution >= 4 is 23.1 Å². The standard InChI is InChI=1S/C27H24N8O2/c1-3-19-11-22(17-29-14-19)32-27(36)34-9-7-33(8-10-34)25-6-5-20(15-30-25)24-12-23(37-4-2)18-35-26(24)21(13-28)16-31-35/h1,5-6,11-12,14-18H,4,7-10H2,2H3,(H,32,36). The van der Waals surface area contributed by atoms with E-state index in [2.05, 4.69) is 37.3 Å². The second-order valence-electron chi connectivity index (χ2n) is 8.40. The number of ether oxygens (including phenoxy) is 1. The van der Waals surface area contributed by atoms with E-state index in [1.807, 2.05) is 25.1 Å². The molecule has 4 aromatic heterocycles. The average Bonchev–Trinajstić information content (AvgIpc) is 3.36. The van der Waals surface area contributed by atoms with Crippen LogP contribution in [0.5, 0.6) is 5.75 Å². The minimum Gasteiger partial charge on any atom is -0.492 e. The highest BCUT2D eigenvalue weighted by Crippen LogP contribution is 2.31. The van der Waals surface area contributed by atoms with Crippen LogP contribution in [0.25, 0.3) is 16.6 Å². The lowest BCUT2D eigenvalue weighted by Gasteiger charge is -2.35. The van der Waals surface area contributed by atoms with Crippen LogP contribution in [-0.2, 0) is 0 Å². The molecule has 5 rings (SSSR count). The summed E-state index contributed by atoms with van der Waals surface area (Å²) in [6, 6.07) is 9.57. The van der Waals surface area contributed by atoms with Crippen molar-refractivity contribution in [2.75, 3.05) is 43.0 Å². The van der Waals surface area contributed by atoms with E-state index < -0.39 is 0 Å². The fraction of sp³-hybridized carbons (Fsp3) is 0.222. The van der Waals surface area contributed by atoms with Gasteiger partial charge in [0.05, 0.1) is 42.0 Å². The van der Waals surface area contributed by atoms with Crippen LogP contribution < -0.4 is 15.0 Å². The molecule has 10 heteroatoms. The fourth-order valence-electron chi connectivity index (χ4n) is 4.31. The summed E-state index contributed by atoms with van der Waals surface area (Å²) in [7, 11) is 0. The number of pyridine rings is 3. The maximum atomic E-state index is 12.7. The van der Waals surface area contributed by atoms with Crippen LogP contribution in [0.4, 0.5) is 16.3 Å². The van der Waals surface area contributed by atoms with Crippen LogP contribution in [0.15, 0.2) is 55.2 Å². The Kier molecular flexibility index (Phi) is 6.56. The number of carbonyl (C=O) groups is 1. The predicted molar refractivity (Wildman–Crippen MR) is 139 cm³/mol. The quantitative estimate of drug-likeness (QED) is 0.425. The van der Waals surface area contributed by atoms with Crippen molar-refractivity contribution in [3.63, 3.8) is 0 Å². The molecular weight excluding hydrogens is 468 g/mol. The normalized spacial score (nSPS) is 13.2. The maximum Gasteiger partial charge on any atom is 0.322 e. The molecule has 2 amide bonds. The Morgan fingerprint density at radius 2 is 2.00 bits per heavy atom. The molecule has 1 saturated heterocycles. The first-order valence-corrected chi connectivity index (χ1v) is 11.8. The first kappa shape index (κ1) is 23.6. The molecule has 4 aromatic rings. The maximum absolute atomic E-state index is 12.7. The van der Waals surface area contributed by atoms with E-state index in [0.717, 1.165) is 16.9 Å². The second-order valence-corrected chi connectivity index (χ2v) is 8.40. The van der Waals surface area contributed by atoms with E-state index >= 15 is 0 Å². The molecule has 1 N–H and O–H groups in total. The van der Waals surface area contributed by atoms with E-state index in [1.54, 1.807) is 46.5 Å². The van der Waals surface area contributed by atoms with Crippen molar-refractivity contribution in [1.29, 1.82) is 5.26 Å². The van der Waals surface area contributed by atoms with E-state index in [0.29, 0.717) is 60.9 Å². The number of urea groups is 1. The lowest BCUT2D eigenvalue weighted by molar-refractivity contribution is 0.208. The van der Waals surface area contributed by atoms with Crippen molar-refractivity contribution in [2.24, 2.45) is 0 Å². The van der Waals surface area contributed by atoms with Gasteiger partial charge < -0.3 is 19.9 Å². The number of rotatable bonds is 5. The van der Waals surface area contributed by atoms with Gasteiger partial charge in [-0.2, -0.15) is 10.4 Å². The van der Waals surface area contributed by atoms with E-state index in [9.17, 15) is 10.1 Å². The molecule has 0 radical (unpaired) electrons. The van der Waals surface area contributed by atoms with Crippen molar-refractivity contribution < 1.29 is 9.53 Å². The largest absolute Gasteiger partial charge is 0.492 e. The highest BCUT2D eigenvalue weighted by atomic mass is 16.5. The number of carbonyl (C=O) groups excluding carboxylic acids is 1. The molecule has 37 heavy (non-hydrogen) atoms. The van der Waals surface area contributed by atoms with E-state index in [4.69, 9.17) is 11.2 Å². The summed E-state index contributed by atoms with van der Waals surface area (Å²) in [6.07, 6.45) is 13.7. The zero-order valence-electron chi connectivity index (χ0n) is 20.3. The number of nitrogens with one attached hydrogen (secondary N) is 1. The van der Waals surface area contributed by atoms with Crippen LogP contribution in [0.1, 0.15) is 18.1 Å². The number of terminal acetylenes is 1. The number of nitriles is 1. The van der Waals surface area contributed by atoms with Crippen molar-refractivity contribution in [1.82, 2.24) is 24.5 Å². The lowest BCUT2D eigenvalue weighted by Crippen LogP contribution is -2.50. The molecule has 0 aromatic carbocycles. The van der Waals surface area contributed by atoms with E-state index in [-0.39, 0.29) is 6.03 Å². The molecule has 0 atom stereocenters. The Labute approximate surface area is 214 Å². The van der Waals surface area contributed by atoms with Gasteiger partial charge in [-0.3, -0.25) is 4.98 Å². The molecule has 10 nitrogen and oxygen atoms in total. The number of piperazine rings is 1. The summed E-state index contributed by atoms with van der Waals surface area (Å²) < 4.78 is 7.36. The zero-order chi connectivity index (χ0) is 25.8. The van der Waals surface area contributed by atoms with Gasteiger partial charge in [0.25, 0.3) is 0 Å². The molecule has 0 unspecified atom stereocenters. The topological polar surface area (TPSA) is 112 Å². The number of fused-ring (bicyclic) bond motifs is 1. The van der Waals surface area contributed by atoms with Crippen molar-refractivity contribution in [2.45, 2.75) is 6.92 Å². The number of aromatic nitrogens is 4. The summed E-state index contributed by atoms with van der Waals surface area (Å²) in [5.41, 5.74) is 4.05. The third-order valence-electron chi connectivity index (χ3n) is 6.12. The van der Waals surface area contributed by atoms with Gasteiger partial charge >= 0.3 is 6.03 Å². The highest BCUT2D eigenvalue weighted by molar-refractivity contribution is 5.89. The summed E-state index contributed by atoms with van der Waals surface area (Å²) in [5, 5.41) is 16.7. The number of nitrogens with zero attached hydrogens (tertiary/aromatic N) is 7. The van der Waals surface area contributed by atoms with Gasteiger partial charge in [-0.1, -0.05) is 5.92 Å². The Bertz CT molecular complexity index is 1520. The first-order valence-electron chi connectivity index (χ1n) is 11.8. The monoisotopic (exact) mass is 492 g/mol. The molecule has 1 aliphatic rings. The number of amides is 2. The van der Waals surface area contributed by atoms with Gasteiger partial charge in [0.1, 0.15) is 17.6 Å². The smallest absolute Gasteiger partial charge is 0.322 e. The molecule has 184 valence electrons. The Balaban J connectivity index is 1.28. The Morgan fingerprint density at radius 1 is 1.16 bits per heavy atom. The first-order chi connectivity index (χ1) is 18.1. The van der Waals surface area contributed by atoms with Gasteiger partial charge in [-0.25, -0.2) is 14.3 Å². The fourth-order valence-corrected chi connectivity index (χ4v) is 4.31. The molecule has 0 aliphatic carbocycles. The van der Waals surface area contributed by atoms with Crippen LogP contribution >= 0.6 is 0 Å². The summed E-state index contributed by atoms with van der Waals surface area (Å²) in [5.74, 6) is 4.00. The third kappa shape index (κ3) is 4.86. The summed E-state index contributed by atoms with van der Waals surface area (Å²) >= 11 is 0. The number of hydrogen-bond acceptors (Lipinski definition) is 7. The highest BCUT2D eigenvalue weighted by Gasteiger charge is 2.22. The van der Waals surface area contributed by atoms with E-state index in [1.165, 1.54) is 0 Å². The SMILES string of the molecule is C#Cc1cncc(NC(=O)N2CCN(c3ccc(-c4cc(OCC)cn5ncc(C#N)c45)cn3)CC2)c1. The zero-order valence-corrected chi connectivity index (χ0v) is 20.3. The van der Waals surface area contributed by atoms with Crippen LogP contribution in [0.3, 0.4) is 0 Å². The third-order valence-corrected chi connectivity index (χ3v) is 6.12. The molecule has 1 aliphatic heterocycles. The van der Waals surface area contributed by atoms with Gasteiger partial charge in [-0.05, 0) is 31.2 Å². The number of hydrogen-bond donors (Lipinski definition) is 1. The molecule has 5 heterocycles. The molecule has 0 bridgehead atoms. The van der Waals surface area contributed by atoms with Crippen molar-refractivity contribution in [3.05, 3.63) is 66.4 Å².